The first-order chi connectivity index (χ1) is 13.9. The van der Waals surface area contributed by atoms with E-state index in [1.807, 2.05) is 19.2 Å². The Morgan fingerprint density at radius 3 is 2.66 bits per heavy atom. The predicted molar refractivity (Wildman–Crippen MR) is 101 cm³/mol. The smallest absolute Gasteiger partial charge is 0.405 e. The van der Waals surface area contributed by atoms with Gasteiger partial charge in [-0.2, -0.15) is 0 Å². The summed E-state index contributed by atoms with van der Waals surface area (Å²) in [6.45, 7) is 4.23. The molecule has 150 valence electrons. The van der Waals surface area contributed by atoms with Crippen molar-refractivity contribution in [2.75, 3.05) is 6.54 Å². The van der Waals surface area contributed by atoms with Crippen LogP contribution in [-0.2, 0) is 19.5 Å². The van der Waals surface area contributed by atoms with Gasteiger partial charge in [-0.3, -0.25) is 9.88 Å². The van der Waals surface area contributed by atoms with Crippen LogP contribution in [-0.4, -0.2) is 32.8 Å². The molecule has 0 saturated carbocycles. The second-order valence-corrected chi connectivity index (χ2v) is 6.95. The number of hydrogen-bond acceptors (Lipinski definition) is 5. The van der Waals surface area contributed by atoms with Gasteiger partial charge in [-0.05, 0) is 30.7 Å². The maximum atomic E-state index is 12.6. The van der Waals surface area contributed by atoms with E-state index in [4.69, 9.17) is 0 Å². The van der Waals surface area contributed by atoms with E-state index in [0.717, 1.165) is 42.2 Å². The first-order valence-corrected chi connectivity index (χ1v) is 9.21. The molecule has 0 unspecified atom stereocenters. The molecule has 1 aliphatic rings. The summed E-state index contributed by atoms with van der Waals surface area (Å²) < 4.78 is 42.0. The SMILES string of the molecule is Cc1ncc2c(n1)CCN(Cc1ccc(-c3ccccc3OC(F)(F)F)nc1)C2. The summed E-state index contributed by atoms with van der Waals surface area (Å²) in [6.07, 6.45) is -0.307. The fourth-order valence-electron chi connectivity index (χ4n) is 3.44. The van der Waals surface area contributed by atoms with Gasteiger partial charge in [0.2, 0.25) is 0 Å². The van der Waals surface area contributed by atoms with Crippen LogP contribution in [0.25, 0.3) is 11.3 Å². The molecule has 1 aromatic carbocycles. The molecule has 3 heterocycles. The second kappa shape index (κ2) is 7.79. The van der Waals surface area contributed by atoms with Gasteiger partial charge < -0.3 is 4.74 Å². The quantitative estimate of drug-likeness (QED) is 0.654. The highest BCUT2D eigenvalue weighted by atomic mass is 19.4. The van der Waals surface area contributed by atoms with Gasteiger partial charge >= 0.3 is 6.36 Å². The number of para-hydroxylation sites is 1. The monoisotopic (exact) mass is 400 g/mol. The third-order valence-corrected chi connectivity index (χ3v) is 4.75. The molecule has 0 aliphatic carbocycles. The Labute approximate surface area is 166 Å². The molecule has 29 heavy (non-hydrogen) atoms. The van der Waals surface area contributed by atoms with E-state index < -0.39 is 6.36 Å². The van der Waals surface area contributed by atoms with Crippen LogP contribution < -0.4 is 4.74 Å². The number of aryl methyl sites for hydroxylation is 1. The zero-order valence-corrected chi connectivity index (χ0v) is 15.8. The molecule has 5 nitrogen and oxygen atoms in total. The van der Waals surface area contributed by atoms with Gasteiger partial charge in [-0.25, -0.2) is 9.97 Å². The van der Waals surface area contributed by atoms with E-state index in [2.05, 4.69) is 24.6 Å². The Hall–Kier alpha value is -3.00. The topological polar surface area (TPSA) is 51.1 Å². The highest BCUT2D eigenvalue weighted by molar-refractivity contribution is 5.67. The molecular formula is C21H19F3N4O. The molecule has 4 rings (SSSR count). The third kappa shape index (κ3) is 4.71. The number of ether oxygens (including phenoxy) is 1. The number of aromatic nitrogens is 3. The van der Waals surface area contributed by atoms with E-state index in [-0.39, 0.29) is 5.75 Å². The number of halogens is 3. The Kier molecular flexibility index (Phi) is 5.19. The molecule has 0 spiro atoms. The number of pyridine rings is 1. The molecule has 0 fully saturated rings. The van der Waals surface area contributed by atoms with E-state index in [9.17, 15) is 13.2 Å². The lowest BCUT2D eigenvalue weighted by atomic mass is 10.1. The molecule has 3 aromatic rings. The van der Waals surface area contributed by atoms with Crippen molar-refractivity contribution in [1.29, 1.82) is 0 Å². The maximum Gasteiger partial charge on any atom is 0.573 e. The van der Waals surface area contributed by atoms with Gasteiger partial charge in [-0.15, -0.1) is 13.2 Å². The van der Waals surface area contributed by atoms with Crippen molar-refractivity contribution in [3.05, 3.63) is 71.4 Å². The summed E-state index contributed by atoms with van der Waals surface area (Å²) in [5, 5.41) is 0. The number of hydrogen-bond donors (Lipinski definition) is 0. The van der Waals surface area contributed by atoms with Gasteiger partial charge in [0.25, 0.3) is 0 Å². The Morgan fingerprint density at radius 1 is 1.07 bits per heavy atom. The zero-order chi connectivity index (χ0) is 20.4. The fraction of sp³-hybridized carbons (Fsp3) is 0.286. The van der Waals surface area contributed by atoms with E-state index in [1.165, 1.54) is 12.1 Å². The lowest BCUT2D eigenvalue weighted by Gasteiger charge is -2.27. The van der Waals surface area contributed by atoms with E-state index in [1.54, 1.807) is 24.4 Å². The van der Waals surface area contributed by atoms with Gasteiger partial charge in [0, 0.05) is 55.3 Å². The predicted octanol–water partition coefficient (Wildman–Crippen LogP) is 4.30. The van der Waals surface area contributed by atoms with Crippen LogP contribution in [0.3, 0.4) is 0 Å². The van der Waals surface area contributed by atoms with Crippen molar-refractivity contribution >= 4 is 0 Å². The fourth-order valence-corrected chi connectivity index (χ4v) is 3.44. The van der Waals surface area contributed by atoms with Gasteiger partial charge in [0.1, 0.15) is 11.6 Å². The second-order valence-electron chi connectivity index (χ2n) is 6.95. The first kappa shape index (κ1) is 19.3. The number of rotatable bonds is 4. The third-order valence-electron chi connectivity index (χ3n) is 4.75. The summed E-state index contributed by atoms with van der Waals surface area (Å²) in [5.74, 6) is 0.523. The largest absolute Gasteiger partial charge is 0.573 e. The Morgan fingerprint density at radius 2 is 1.90 bits per heavy atom. The summed E-state index contributed by atoms with van der Waals surface area (Å²) in [6, 6.07) is 9.60. The van der Waals surface area contributed by atoms with Crippen LogP contribution in [0.4, 0.5) is 13.2 Å². The van der Waals surface area contributed by atoms with Crippen molar-refractivity contribution in [1.82, 2.24) is 19.9 Å². The number of fused-ring (bicyclic) bond motifs is 1. The molecular weight excluding hydrogens is 381 g/mol. The van der Waals surface area contributed by atoms with E-state index in [0.29, 0.717) is 17.8 Å². The van der Waals surface area contributed by atoms with Crippen LogP contribution in [0.15, 0.2) is 48.8 Å². The molecule has 1 aliphatic heterocycles. The lowest BCUT2D eigenvalue weighted by Crippen LogP contribution is -2.31. The van der Waals surface area contributed by atoms with Crippen molar-refractivity contribution in [2.45, 2.75) is 32.8 Å². The highest BCUT2D eigenvalue weighted by Crippen LogP contribution is 2.32. The summed E-state index contributed by atoms with van der Waals surface area (Å²) in [5.41, 5.74) is 3.95. The maximum absolute atomic E-state index is 12.6. The standard InChI is InChI=1S/C21H19F3N4O/c1-14-25-11-16-13-28(9-8-18(16)27-14)12-15-6-7-19(26-10-15)17-4-2-3-5-20(17)29-21(22,23)24/h2-7,10-11H,8-9,12-13H2,1H3. The van der Waals surface area contributed by atoms with Crippen molar-refractivity contribution in [2.24, 2.45) is 0 Å². The van der Waals surface area contributed by atoms with Crippen LogP contribution in [0.1, 0.15) is 22.6 Å². The molecule has 0 saturated heterocycles. The van der Waals surface area contributed by atoms with Gasteiger partial charge in [0.15, 0.2) is 0 Å². The average molecular weight is 400 g/mol. The molecule has 0 amide bonds. The Balaban J connectivity index is 1.47. The normalized spacial score (nSPS) is 14.5. The van der Waals surface area contributed by atoms with Crippen LogP contribution in [0.2, 0.25) is 0 Å². The van der Waals surface area contributed by atoms with Crippen molar-refractivity contribution in [3.8, 4) is 17.0 Å². The molecule has 8 heteroatoms. The minimum Gasteiger partial charge on any atom is -0.405 e. The average Bonchev–Trinajstić information content (AvgIpc) is 2.68. The number of alkyl halides is 3. The highest BCUT2D eigenvalue weighted by Gasteiger charge is 2.32. The lowest BCUT2D eigenvalue weighted by molar-refractivity contribution is -0.274. The minimum atomic E-state index is -4.75. The molecule has 2 aromatic heterocycles. The minimum absolute atomic E-state index is 0.261. The Bertz CT molecular complexity index is 1010. The van der Waals surface area contributed by atoms with Gasteiger partial charge in [0.05, 0.1) is 5.69 Å². The summed E-state index contributed by atoms with van der Waals surface area (Å²) >= 11 is 0. The first-order valence-electron chi connectivity index (χ1n) is 9.21. The molecule has 0 bridgehead atoms. The molecule has 0 radical (unpaired) electrons. The van der Waals surface area contributed by atoms with Gasteiger partial charge in [-0.1, -0.05) is 18.2 Å². The number of nitrogens with zero attached hydrogens (tertiary/aromatic N) is 4. The summed E-state index contributed by atoms with van der Waals surface area (Å²) in [4.78, 5) is 15.4. The van der Waals surface area contributed by atoms with E-state index >= 15 is 0 Å². The van der Waals surface area contributed by atoms with Crippen molar-refractivity contribution in [3.63, 3.8) is 0 Å². The van der Waals surface area contributed by atoms with Crippen LogP contribution in [0, 0.1) is 6.92 Å². The molecule has 0 N–H and O–H groups in total. The number of benzene rings is 1. The van der Waals surface area contributed by atoms with Crippen LogP contribution >= 0.6 is 0 Å². The zero-order valence-electron chi connectivity index (χ0n) is 15.8. The van der Waals surface area contributed by atoms with Crippen LogP contribution in [0.5, 0.6) is 5.75 Å². The molecule has 0 atom stereocenters. The van der Waals surface area contributed by atoms with Crippen molar-refractivity contribution < 1.29 is 17.9 Å². The summed E-state index contributed by atoms with van der Waals surface area (Å²) in [7, 11) is 0.